The fourth-order valence-electron chi connectivity index (χ4n) is 2.65. The van der Waals surface area contributed by atoms with E-state index in [-0.39, 0.29) is 0 Å². The fraction of sp³-hybridized carbons (Fsp3) is 0.571. The molecule has 0 aromatic heterocycles. The van der Waals surface area contributed by atoms with Gasteiger partial charge in [-0.15, -0.1) is 0 Å². The second-order valence-corrected chi connectivity index (χ2v) is 4.93. The molecule has 16 heavy (non-hydrogen) atoms. The number of hydrogen-bond acceptors (Lipinski definition) is 2. The molecule has 0 aliphatic carbocycles. The number of aryl methyl sites for hydroxylation is 1. The predicted molar refractivity (Wildman–Crippen MR) is 68.6 cm³/mol. The Morgan fingerprint density at radius 1 is 1.44 bits per heavy atom. The Bertz CT molecular complexity index is 348. The van der Waals surface area contributed by atoms with Crippen molar-refractivity contribution in [1.29, 1.82) is 0 Å². The third kappa shape index (κ3) is 2.45. The summed E-state index contributed by atoms with van der Waals surface area (Å²) < 4.78 is 0. The summed E-state index contributed by atoms with van der Waals surface area (Å²) in [4.78, 5) is 0. The van der Waals surface area contributed by atoms with E-state index >= 15 is 0 Å². The van der Waals surface area contributed by atoms with E-state index in [9.17, 15) is 0 Å². The number of hydrogen-bond donors (Lipinski definition) is 2. The van der Waals surface area contributed by atoms with Crippen LogP contribution < -0.4 is 11.1 Å². The Kier molecular flexibility index (Phi) is 3.62. The highest BCUT2D eigenvalue weighted by Gasteiger charge is 2.26. The van der Waals surface area contributed by atoms with Gasteiger partial charge in [0.25, 0.3) is 0 Å². The van der Waals surface area contributed by atoms with Crippen LogP contribution in [0, 0.1) is 6.92 Å². The van der Waals surface area contributed by atoms with Crippen LogP contribution in [0.3, 0.4) is 0 Å². The number of nitrogens with one attached hydrogen (secondary N) is 1. The molecule has 1 fully saturated rings. The monoisotopic (exact) mass is 218 g/mol. The van der Waals surface area contributed by atoms with E-state index in [4.69, 9.17) is 5.73 Å². The van der Waals surface area contributed by atoms with E-state index in [1.807, 2.05) is 0 Å². The van der Waals surface area contributed by atoms with Crippen molar-refractivity contribution in [2.75, 3.05) is 6.54 Å². The summed E-state index contributed by atoms with van der Waals surface area (Å²) in [6, 6.07) is 9.59. The van der Waals surface area contributed by atoms with Gasteiger partial charge in [0, 0.05) is 18.6 Å². The van der Waals surface area contributed by atoms with E-state index in [0.29, 0.717) is 18.0 Å². The maximum absolute atomic E-state index is 6.19. The average molecular weight is 218 g/mol. The minimum absolute atomic E-state index is 0.296. The quantitative estimate of drug-likeness (QED) is 0.798. The molecule has 1 aromatic carbocycles. The summed E-state index contributed by atoms with van der Waals surface area (Å²) >= 11 is 0. The van der Waals surface area contributed by atoms with Crippen LogP contribution in [-0.4, -0.2) is 18.6 Å². The Balaban J connectivity index is 2.07. The van der Waals surface area contributed by atoms with Crippen LogP contribution >= 0.6 is 0 Å². The number of piperidine rings is 1. The van der Waals surface area contributed by atoms with Gasteiger partial charge in [-0.3, -0.25) is 0 Å². The van der Waals surface area contributed by atoms with Gasteiger partial charge >= 0.3 is 0 Å². The molecular formula is C14H22N2. The Hall–Kier alpha value is -0.860. The van der Waals surface area contributed by atoms with Crippen LogP contribution in [0.25, 0.3) is 0 Å². The van der Waals surface area contributed by atoms with Gasteiger partial charge in [0.15, 0.2) is 0 Å². The van der Waals surface area contributed by atoms with Crippen molar-refractivity contribution in [2.24, 2.45) is 5.73 Å². The van der Waals surface area contributed by atoms with Crippen molar-refractivity contribution in [2.45, 2.75) is 44.7 Å². The molecule has 1 saturated heterocycles. The standard InChI is InChI=1S/C14H22N2/c1-3-14-13(15)8-12(9-16-14)11-6-4-5-10(2)7-11/h4-7,12-14,16H,3,8-9,15H2,1-2H3. The zero-order valence-corrected chi connectivity index (χ0v) is 10.2. The number of rotatable bonds is 2. The van der Waals surface area contributed by atoms with Crippen LogP contribution in [0.1, 0.15) is 36.8 Å². The largest absolute Gasteiger partial charge is 0.326 e. The first-order valence-electron chi connectivity index (χ1n) is 6.26. The summed E-state index contributed by atoms with van der Waals surface area (Å²) in [5.41, 5.74) is 8.96. The van der Waals surface area contributed by atoms with Gasteiger partial charge in [-0.1, -0.05) is 36.8 Å². The van der Waals surface area contributed by atoms with E-state index in [0.717, 1.165) is 19.4 Å². The molecule has 3 atom stereocenters. The van der Waals surface area contributed by atoms with E-state index in [2.05, 4.69) is 43.4 Å². The molecule has 1 aromatic rings. The van der Waals surface area contributed by atoms with E-state index in [1.165, 1.54) is 11.1 Å². The van der Waals surface area contributed by atoms with Crippen molar-refractivity contribution in [3.63, 3.8) is 0 Å². The molecule has 1 heterocycles. The molecule has 0 bridgehead atoms. The summed E-state index contributed by atoms with van der Waals surface area (Å²) in [6.45, 7) is 5.41. The topological polar surface area (TPSA) is 38.0 Å². The van der Waals surface area contributed by atoms with Crippen LogP contribution in [0.15, 0.2) is 24.3 Å². The maximum atomic E-state index is 6.19. The molecule has 0 saturated carbocycles. The first-order valence-corrected chi connectivity index (χ1v) is 6.26. The fourth-order valence-corrected chi connectivity index (χ4v) is 2.65. The second kappa shape index (κ2) is 4.98. The van der Waals surface area contributed by atoms with E-state index in [1.54, 1.807) is 0 Å². The van der Waals surface area contributed by atoms with Crippen molar-refractivity contribution in [3.8, 4) is 0 Å². The first kappa shape index (κ1) is 11.6. The Morgan fingerprint density at radius 2 is 2.25 bits per heavy atom. The smallest absolute Gasteiger partial charge is 0.0216 e. The summed E-state index contributed by atoms with van der Waals surface area (Å²) in [5.74, 6) is 0.581. The first-order chi connectivity index (χ1) is 7.70. The molecule has 0 radical (unpaired) electrons. The lowest BCUT2D eigenvalue weighted by Crippen LogP contribution is -2.51. The highest BCUT2D eigenvalue weighted by atomic mass is 15.0. The number of nitrogens with two attached hydrogens (primary N) is 1. The lowest BCUT2D eigenvalue weighted by atomic mass is 9.84. The zero-order valence-electron chi connectivity index (χ0n) is 10.2. The SMILES string of the molecule is CCC1NCC(c2cccc(C)c2)CC1N. The molecule has 1 aliphatic rings. The van der Waals surface area contributed by atoms with Crippen molar-refractivity contribution >= 4 is 0 Å². The Morgan fingerprint density at radius 3 is 2.88 bits per heavy atom. The van der Waals surface area contributed by atoms with Crippen LogP contribution in [0.2, 0.25) is 0 Å². The lowest BCUT2D eigenvalue weighted by molar-refractivity contribution is 0.314. The van der Waals surface area contributed by atoms with Gasteiger partial charge in [0.2, 0.25) is 0 Å². The second-order valence-electron chi connectivity index (χ2n) is 4.93. The van der Waals surface area contributed by atoms with Gasteiger partial charge in [0.05, 0.1) is 0 Å². The van der Waals surface area contributed by atoms with Crippen LogP contribution in [0.4, 0.5) is 0 Å². The minimum Gasteiger partial charge on any atom is -0.326 e. The molecule has 2 heteroatoms. The lowest BCUT2D eigenvalue weighted by Gasteiger charge is -2.35. The molecule has 0 amide bonds. The van der Waals surface area contributed by atoms with Gasteiger partial charge in [0.1, 0.15) is 0 Å². The average Bonchev–Trinajstić information content (AvgIpc) is 2.29. The van der Waals surface area contributed by atoms with Crippen LogP contribution in [0.5, 0.6) is 0 Å². The minimum atomic E-state index is 0.296. The van der Waals surface area contributed by atoms with Crippen molar-refractivity contribution in [3.05, 3.63) is 35.4 Å². The molecule has 88 valence electrons. The third-order valence-corrected chi connectivity index (χ3v) is 3.65. The molecule has 0 spiro atoms. The summed E-state index contributed by atoms with van der Waals surface area (Å²) in [7, 11) is 0. The molecule has 2 nitrogen and oxygen atoms in total. The molecular weight excluding hydrogens is 196 g/mol. The maximum Gasteiger partial charge on any atom is 0.0216 e. The highest BCUT2D eigenvalue weighted by molar-refractivity contribution is 5.26. The van der Waals surface area contributed by atoms with Crippen molar-refractivity contribution in [1.82, 2.24) is 5.32 Å². The summed E-state index contributed by atoms with van der Waals surface area (Å²) in [6.07, 6.45) is 2.23. The van der Waals surface area contributed by atoms with E-state index < -0.39 is 0 Å². The molecule has 2 rings (SSSR count). The summed E-state index contributed by atoms with van der Waals surface area (Å²) in [5, 5.41) is 3.56. The normalized spacial score (nSPS) is 30.3. The highest BCUT2D eigenvalue weighted by Crippen LogP contribution is 2.26. The molecule has 3 unspecified atom stereocenters. The Labute approximate surface area is 98.2 Å². The third-order valence-electron chi connectivity index (χ3n) is 3.65. The number of benzene rings is 1. The zero-order chi connectivity index (χ0) is 11.5. The predicted octanol–water partition coefficient (Wildman–Crippen LogP) is 2.18. The molecule has 1 aliphatic heterocycles. The molecule has 3 N–H and O–H groups in total. The van der Waals surface area contributed by atoms with Gasteiger partial charge in [-0.25, -0.2) is 0 Å². The van der Waals surface area contributed by atoms with Gasteiger partial charge in [-0.2, -0.15) is 0 Å². The van der Waals surface area contributed by atoms with Crippen molar-refractivity contribution < 1.29 is 0 Å². The van der Waals surface area contributed by atoms with Gasteiger partial charge < -0.3 is 11.1 Å². The van der Waals surface area contributed by atoms with Crippen LogP contribution in [-0.2, 0) is 0 Å². The van der Waals surface area contributed by atoms with Gasteiger partial charge in [-0.05, 0) is 31.2 Å².